The summed E-state index contributed by atoms with van der Waals surface area (Å²) >= 11 is 8.30. The van der Waals surface area contributed by atoms with E-state index in [1.54, 1.807) is 12.1 Å². The monoisotopic (exact) mass is 330 g/mol. The van der Waals surface area contributed by atoms with Gasteiger partial charge in [0.15, 0.2) is 10.4 Å². The highest BCUT2D eigenvalue weighted by atomic mass is 79.9. The van der Waals surface area contributed by atoms with Crippen LogP contribution in [0.1, 0.15) is 42.7 Å². The Morgan fingerprint density at radius 2 is 2.06 bits per heavy atom. The molecule has 0 unspecified atom stereocenters. The number of nitrogens with two attached hydrogens (primary N) is 1. The van der Waals surface area contributed by atoms with Crippen molar-refractivity contribution in [2.45, 2.75) is 37.6 Å². The second kappa shape index (κ2) is 5.40. The molecule has 0 radical (unpaired) electrons. The van der Waals surface area contributed by atoms with Crippen LogP contribution in [0.15, 0.2) is 21.2 Å². The first-order chi connectivity index (χ1) is 8.53. The minimum atomic E-state index is -0.552. The molecule has 0 atom stereocenters. The Balaban J connectivity index is 2.14. The molecule has 1 aromatic heterocycles. The van der Waals surface area contributed by atoms with Crippen molar-refractivity contribution in [3.63, 3.8) is 0 Å². The molecule has 1 saturated carbocycles. The van der Waals surface area contributed by atoms with Crippen molar-refractivity contribution < 1.29 is 9.21 Å². The Morgan fingerprint density at radius 1 is 1.39 bits per heavy atom. The van der Waals surface area contributed by atoms with Crippen molar-refractivity contribution in [3.8, 4) is 0 Å². The molecule has 1 amide bonds. The summed E-state index contributed by atoms with van der Waals surface area (Å²) < 4.78 is 5.76. The molecule has 0 bridgehead atoms. The van der Waals surface area contributed by atoms with Crippen LogP contribution in [0.5, 0.6) is 0 Å². The van der Waals surface area contributed by atoms with Crippen molar-refractivity contribution in [1.29, 1.82) is 0 Å². The van der Waals surface area contributed by atoms with E-state index in [2.05, 4.69) is 21.2 Å². The van der Waals surface area contributed by atoms with Crippen LogP contribution in [0, 0.1) is 0 Å². The van der Waals surface area contributed by atoms with E-state index in [4.69, 9.17) is 22.4 Å². The zero-order chi connectivity index (χ0) is 13.2. The van der Waals surface area contributed by atoms with Crippen LogP contribution in [-0.2, 0) is 0 Å². The largest absolute Gasteiger partial charge is 0.444 e. The van der Waals surface area contributed by atoms with E-state index in [0.29, 0.717) is 9.66 Å². The summed E-state index contributed by atoms with van der Waals surface area (Å²) in [5.74, 6) is -0.00141. The highest BCUT2D eigenvalue weighted by molar-refractivity contribution is 9.10. The van der Waals surface area contributed by atoms with Gasteiger partial charge in [-0.25, -0.2) is 0 Å². The molecule has 1 heterocycles. The van der Waals surface area contributed by atoms with Gasteiger partial charge in [-0.3, -0.25) is 4.79 Å². The van der Waals surface area contributed by atoms with E-state index in [0.717, 1.165) is 32.1 Å². The number of furan rings is 1. The fourth-order valence-electron chi connectivity index (χ4n) is 2.30. The first-order valence-electron chi connectivity index (χ1n) is 5.91. The molecule has 18 heavy (non-hydrogen) atoms. The lowest BCUT2D eigenvalue weighted by Gasteiger charge is -2.36. The third-order valence-electron chi connectivity index (χ3n) is 3.33. The lowest BCUT2D eigenvalue weighted by Crippen LogP contribution is -2.57. The molecule has 0 aliphatic heterocycles. The Morgan fingerprint density at radius 3 is 2.56 bits per heavy atom. The van der Waals surface area contributed by atoms with Crippen molar-refractivity contribution in [2.24, 2.45) is 5.73 Å². The number of halogens is 1. The highest BCUT2D eigenvalue weighted by Crippen LogP contribution is 2.29. The van der Waals surface area contributed by atoms with Gasteiger partial charge in [-0.1, -0.05) is 31.5 Å². The summed E-state index contributed by atoms with van der Waals surface area (Å²) in [5.41, 5.74) is 5.26. The van der Waals surface area contributed by atoms with Gasteiger partial charge in [-0.05, 0) is 40.9 Å². The van der Waals surface area contributed by atoms with Crippen LogP contribution in [0.25, 0.3) is 0 Å². The van der Waals surface area contributed by atoms with Crippen LogP contribution in [0.3, 0.4) is 0 Å². The van der Waals surface area contributed by atoms with Crippen LogP contribution in [-0.4, -0.2) is 16.4 Å². The number of rotatable bonds is 3. The van der Waals surface area contributed by atoms with E-state index in [-0.39, 0.29) is 11.7 Å². The second-order valence-corrected chi connectivity index (χ2v) is 5.79. The molecule has 0 spiro atoms. The molecule has 1 fully saturated rings. The minimum Gasteiger partial charge on any atom is -0.444 e. The molecule has 6 heteroatoms. The van der Waals surface area contributed by atoms with Crippen molar-refractivity contribution >= 4 is 39.0 Å². The average molecular weight is 331 g/mol. The van der Waals surface area contributed by atoms with Crippen LogP contribution in [0.4, 0.5) is 0 Å². The van der Waals surface area contributed by atoms with E-state index in [1.165, 1.54) is 0 Å². The van der Waals surface area contributed by atoms with Crippen molar-refractivity contribution in [1.82, 2.24) is 5.32 Å². The zero-order valence-electron chi connectivity index (χ0n) is 9.87. The minimum absolute atomic E-state index is 0.267. The van der Waals surface area contributed by atoms with Gasteiger partial charge < -0.3 is 15.5 Å². The fourth-order valence-corrected chi connectivity index (χ4v) is 2.87. The molecular weight excluding hydrogens is 316 g/mol. The van der Waals surface area contributed by atoms with Crippen LogP contribution < -0.4 is 11.1 Å². The van der Waals surface area contributed by atoms with E-state index in [1.807, 2.05) is 0 Å². The Bertz CT molecular complexity index is 466. The molecule has 1 aromatic rings. The Hall–Kier alpha value is -0.880. The third-order valence-corrected chi connectivity index (χ3v) is 4.15. The van der Waals surface area contributed by atoms with Gasteiger partial charge >= 0.3 is 0 Å². The molecule has 4 nitrogen and oxygen atoms in total. The molecule has 98 valence electrons. The quantitative estimate of drug-likeness (QED) is 0.836. The molecule has 0 saturated heterocycles. The van der Waals surface area contributed by atoms with E-state index in [9.17, 15) is 4.79 Å². The van der Waals surface area contributed by atoms with Crippen LogP contribution in [0.2, 0.25) is 0 Å². The normalized spacial score (nSPS) is 18.3. The topological polar surface area (TPSA) is 68.3 Å². The van der Waals surface area contributed by atoms with E-state index >= 15 is 0 Å². The fraction of sp³-hybridized carbons (Fsp3) is 0.500. The first-order valence-corrected chi connectivity index (χ1v) is 7.11. The average Bonchev–Trinajstić information content (AvgIpc) is 2.77. The summed E-state index contributed by atoms with van der Waals surface area (Å²) in [6.07, 6.45) is 4.82. The van der Waals surface area contributed by atoms with Gasteiger partial charge in [0.1, 0.15) is 0 Å². The summed E-state index contributed by atoms with van der Waals surface area (Å²) in [7, 11) is 0. The Labute approximate surface area is 119 Å². The summed E-state index contributed by atoms with van der Waals surface area (Å²) in [5, 5.41) is 2.94. The zero-order valence-corrected chi connectivity index (χ0v) is 12.3. The Kier molecular flexibility index (Phi) is 4.07. The van der Waals surface area contributed by atoms with Gasteiger partial charge in [-0.2, -0.15) is 0 Å². The van der Waals surface area contributed by atoms with Gasteiger partial charge in [0.25, 0.3) is 5.91 Å². The first kappa shape index (κ1) is 13.5. The number of amides is 1. The number of hydrogen-bond donors (Lipinski definition) is 2. The number of thiocarbonyl (C=S) groups is 1. The van der Waals surface area contributed by atoms with Gasteiger partial charge in [0.2, 0.25) is 0 Å². The number of hydrogen-bond acceptors (Lipinski definition) is 3. The molecule has 3 N–H and O–H groups in total. The second-order valence-electron chi connectivity index (χ2n) is 4.56. The molecular formula is C12H15BrN2O2S. The molecule has 0 aromatic carbocycles. The highest BCUT2D eigenvalue weighted by Gasteiger charge is 2.37. The standard InChI is InChI=1S/C12H15BrN2O2S/c13-9-5-4-8(17-9)10(16)15-12(11(14)18)6-2-1-3-7-12/h4-5H,1-3,6-7H2,(H2,14,18)(H,15,16). The SMILES string of the molecule is NC(=S)C1(NC(=O)c2ccc(Br)o2)CCCCC1. The maximum atomic E-state index is 12.1. The van der Waals surface area contributed by atoms with Crippen molar-refractivity contribution in [3.05, 3.63) is 22.6 Å². The smallest absolute Gasteiger partial charge is 0.287 e. The van der Waals surface area contributed by atoms with E-state index < -0.39 is 5.54 Å². The molecule has 1 aliphatic rings. The summed E-state index contributed by atoms with van der Waals surface area (Å²) in [6, 6.07) is 3.30. The number of nitrogens with one attached hydrogen (secondary N) is 1. The summed E-state index contributed by atoms with van der Waals surface area (Å²) in [4.78, 5) is 12.5. The maximum Gasteiger partial charge on any atom is 0.287 e. The van der Waals surface area contributed by atoms with Gasteiger partial charge in [-0.15, -0.1) is 0 Å². The number of carbonyl (C=O) groups excluding carboxylic acids is 1. The predicted octanol–water partition coefficient (Wildman–Crippen LogP) is 2.76. The van der Waals surface area contributed by atoms with Crippen molar-refractivity contribution in [2.75, 3.05) is 0 Å². The third kappa shape index (κ3) is 2.75. The van der Waals surface area contributed by atoms with Gasteiger partial charge in [0, 0.05) is 0 Å². The van der Waals surface area contributed by atoms with Gasteiger partial charge in [0.05, 0.1) is 10.5 Å². The van der Waals surface area contributed by atoms with Crippen LogP contribution >= 0.6 is 28.1 Å². The molecule has 2 rings (SSSR count). The molecule has 1 aliphatic carbocycles. The maximum absolute atomic E-state index is 12.1. The lowest BCUT2D eigenvalue weighted by atomic mass is 9.81. The summed E-state index contributed by atoms with van der Waals surface area (Å²) in [6.45, 7) is 0. The lowest BCUT2D eigenvalue weighted by molar-refractivity contribution is 0.0878. The predicted molar refractivity (Wildman–Crippen MR) is 76.5 cm³/mol. The number of carbonyl (C=O) groups is 1.